The van der Waals surface area contributed by atoms with E-state index in [1.54, 1.807) is 6.08 Å². The fourth-order valence-corrected chi connectivity index (χ4v) is 4.82. The number of para-hydroxylation sites is 1. The summed E-state index contributed by atoms with van der Waals surface area (Å²) >= 11 is 7.18. The molecule has 0 N–H and O–H groups in total. The van der Waals surface area contributed by atoms with Gasteiger partial charge >= 0.3 is 0 Å². The van der Waals surface area contributed by atoms with Crippen LogP contribution in [0.1, 0.15) is 16.7 Å². The summed E-state index contributed by atoms with van der Waals surface area (Å²) in [4.78, 5) is 27.4. The molecule has 4 aromatic carbocycles. The Morgan fingerprint density at radius 3 is 2.44 bits per heavy atom. The molecule has 0 bridgehead atoms. The van der Waals surface area contributed by atoms with E-state index in [-0.39, 0.29) is 17.7 Å². The summed E-state index contributed by atoms with van der Waals surface area (Å²) in [5, 5.41) is 2.55. The van der Waals surface area contributed by atoms with Gasteiger partial charge in [-0.15, -0.1) is 0 Å². The van der Waals surface area contributed by atoms with Crippen molar-refractivity contribution in [3.8, 4) is 5.75 Å². The van der Waals surface area contributed by atoms with E-state index in [0.29, 0.717) is 22.3 Å². The highest BCUT2D eigenvalue weighted by Crippen LogP contribution is 2.35. The Hall–Kier alpha value is -3.54. The molecule has 1 aliphatic heterocycles. The maximum absolute atomic E-state index is 13.1. The molecular formula is C28H20ClNO3S. The summed E-state index contributed by atoms with van der Waals surface area (Å²) < 4.78 is 5.99. The van der Waals surface area contributed by atoms with Gasteiger partial charge in [0.1, 0.15) is 12.4 Å². The molecular weight excluding hydrogens is 466 g/mol. The van der Waals surface area contributed by atoms with Crippen molar-refractivity contribution in [3.63, 3.8) is 0 Å². The van der Waals surface area contributed by atoms with Crippen LogP contribution in [-0.2, 0) is 17.9 Å². The van der Waals surface area contributed by atoms with Crippen LogP contribution in [0.2, 0.25) is 5.02 Å². The Bertz CT molecular complexity index is 1430. The minimum absolute atomic E-state index is 0.234. The lowest BCUT2D eigenvalue weighted by molar-refractivity contribution is -0.123. The standard InChI is InChI=1S/C28H20ClNO3S/c29-24-11-5-3-10-23(24)18-33-25-12-6-4-9-22(25)16-26-27(31)30(28(32)34-26)17-19-13-14-20-7-1-2-8-21(20)15-19/h1-16H,17-18H2. The number of carbonyl (C=O) groups excluding carboxylic acids is 2. The van der Waals surface area contributed by atoms with Crippen molar-refractivity contribution in [2.45, 2.75) is 13.2 Å². The first-order valence-electron chi connectivity index (χ1n) is 10.8. The number of hydrogen-bond acceptors (Lipinski definition) is 4. The number of carbonyl (C=O) groups is 2. The van der Waals surface area contributed by atoms with Crippen LogP contribution in [0.4, 0.5) is 4.79 Å². The zero-order valence-corrected chi connectivity index (χ0v) is 19.7. The highest BCUT2D eigenvalue weighted by Gasteiger charge is 2.35. The van der Waals surface area contributed by atoms with Gasteiger partial charge in [0.25, 0.3) is 11.1 Å². The maximum Gasteiger partial charge on any atom is 0.293 e. The second-order valence-corrected chi connectivity index (χ2v) is 9.27. The predicted octanol–water partition coefficient (Wildman–Crippen LogP) is 7.31. The minimum atomic E-state index is -0.302. The molecule has 1 heterocycles. The lowest BCUT2D eigenvalue weighted by Crippen LogP contribution is -2.27. The Kier molecular flexibility index (Phi) is 6.39. The average Bonchev–Trinajstić information content (AvgIpc) is 3.11. The van der Waals surface area contributed by atoms with E-state index in [9.17, 15) is 9.59 Å². The van der Waals surface area contributed by atoms with E-state index in [4.69, 9.17) is 16.3 Å². The van der Waals surface area contributed by atoms with Gasteiger partial charge in [0.15, 0.2) is 0 Å². The van der Waals surface area contributed by atoms with Crippen molar-refractivity contribution in [1.29, 1.82) is 0 Å². The number of halogens is 1. The predicted molar refractivity (Wildman–Crippen MR) is 138 cm³/mol. The Balaban J connectivity index is 1.35. The molecule has 0 atom stereocenters. The number of ether oxygens (including phenoxy) is 1. The first-order valence-corrected chi connectivity index (χ1v) is 12.0. The van der Waals surface area contributed by atoms with Crippen molar-refractivity contribution in [3.05, 3.63) is 118 Å². The number of hydrogen-bond donors (Lipinski definition) is 0. The Morgan fingerprint density at radius 1 is 0.853 bits per heavy atom. The molecule has 0 spiro atoms. The van der Waals surface area contributed by atoms with Crippen LogP contribution in [0.25, 0.3) is 16.8 Å². The first kappa shape index (κ1) is 22.3. The number of rotatable bonds is 6. The zero-order chi connectivity index (χ0) is 23.5. The van der Waals surface area contributed by atoms with Crippen LogP contribution in [0.15, 0.2) is 95.9 Å². The molecule has 4 aromatic rings. The van der Waals surface area contributed by atoms with Crippen LogP contribution in [-0.4, -0.2) is 16.0 Å². The summed E-state index contributed by atoms with van der Waals surface area (Å²) in [5.74, 6) is 0.313. The first-order chi connectivity index (χ1) is 16.6. The van der Waals surface area contributed by atoms with Gasteiger partial charge in [-0.1, -0.05) is 84.4 Å². The van der Waals surface area contributed by atoms with Crippen LogP contribution < -0.4 is 4.74 Å². The fourth-order valence-electron chi connectivity index (χ4n) is 3.80. The minimum Gasteiger partial charge on any atom is -0.488 e. The number of fused-ring (bicyclic) bond motifs is 1. The third kappa shape index (κ3) is 4.72. The van der Waals surface area contributed by atoms with Crippen molar-refractivity contribution in [2.24, 2.45) is 0 Å². The number of nitrogens with zero attached hydrogens (tertiary/aromatic N) is 1. The number of benzene rings is 4. The highest BCUT2D eigenvalue weighted by atomic mass is 35.5. The highest BCUT2D eigenvalue weighted by molar-refractivity contribution is 8.18. The summed E-state index contributed by atoms with van der Waals surface area (Å²) in [5.41, 5.74) is 2.51. The van der Waals surface area contributed by atoms with Crippen LogP contribution in [0.3, 0.4) is 0 Å². The van der Waals surface area contributed by atoms with Gasteiger partial charge < -0.3 is 4.74 Å². The van der Waals surface area contributed by atoms with E-state index in [1.807, 2.05) is 91.0 Å². The number of amides is 2. The molecule has 1 saturated heterocycles. The Labute approximate surface area is 206 Å². The summed E-state index contributed by atoms with van der Waals surface area (Å²) in [7, 11) is 0. The molecule has 168 valence electrons. The monoisotopic (exact) mass is 485 g/mol. The third-order valence-corrected chi connectivity index (χ3v) is 6.85. The molecule has 34 heavy (non-hydrogen) atoms. The van der Waals surface area contributed by atoms with Crippen LogP contribution in [0.5, 0.6) is 5.75 Å². The molecule has 0 unspecified atom stereocenters. The number of thioether (sulfide) groups is 1. The van der Waals surface area contributed by atoms with Gasteiger partial charge in [-0.3, -0.25) is 14.5 Å². The van der Waals surface area contributed by atoms with Crippen molar-refractivity contribution >= 4 is 51.4 Å². The van der Waals surface area contributed by atoms with Crippen molar-refractivity contribution in [2.75, 3.05) is 0 Å². The third-order valence-electron chi connectivity index (χ3n) is 5.57. The van der Waals surface area contributed by atoms with Gasteiger partial charge in [0.2, 0.25) is 0 Å². The van der Waals surface area contributed by atoms with E-state index < -0.39 is 0 Å². The van der Waals surface area contributed by atoms with Crippen LogP contribution in [0, 0.1) is 0 Å². The smallest absolute Gasteiger partial charge is 0.293 e. The molecule has 0 radical (unpaired) electrons. The molecule has 6 heteroatoms. The Morgan fingerprint density at radius 2 is 1.59 bits per heavy atom. The molecule has 1 aliphatic rings. The van der Waals surface area contributed by atoms with Gasteiger partial charge in [-0.2, -0.15) is 0 Å². The molecule has 0 aliphatic carbocycles. The summed E-state index contributed by atoms with van der Waals surface area (Å²) in [6, 6.07) is 28.9. The normalized spacial score (nSPS) is 14.9. The second kappa shape index (κ2) is 9.75. The lowest BCUT2D eigenvalue weighted by Gasteiger charge is -2.13. The largest absolute Gasteiger partial charge is 0.488 e. The van der Waals surface area contributed by atoms with E-state index >= 15 is 0 Å². The molecule has 0 aromatic heterocycles. The van der Waals surface area contributed by atoms with Gasteiger partial charge in [0, 0.05) is 16.1 Å². The van der Waals surface area contributed by atoms with Crippen molar-refractivity contribution < 1.29 is 14.3 Å². The molecule has 4 nitrogen and oxygen atoms in total. The molecule has 2 amide bonds. The summed E-state index contributed by atoms with van der Waals surface area (Å²) in [6.07, 6.45) is 1.72. The van der Waals surface area contributed by atoms with Crippen LogP contribution >= 0.6 is 23.4 Å². The maximum atomic E-state index is 13.1. The summed E-state index contributed by atoms with van der Waals surface area (Å²) in [6.45, 7) is 0.533. The lowest BCUT2D eigenvalue weighted by atomic mass is 10.1. The average molecular weight is 486 g/mol. The van der Waals surface area contributed by atoms with Gasteiger partial charge in [-0.05, 0) is 52.4 Å². The SMILES string of the molecule is O=C1SC(=Cc2ccccc2OCc2ccccc2Cl)C(=O)N1Cc1ccc2ccccc2c1. The van der Waals surface area contributed by atoms with E-state index in [0.717, 1.165) is 39.2 Å². The molecule has 0 saturated carbocycles. The second-order valence-electron chi connectivity index (χ2n) is 7.87. The topological polar surface area (TPSA) is 46.6 Å². The molecule has 5 rings (SSSR count). The van der Waals surface area contributed by atoms with Gasteiger partial charge in [-0.25, -0.2) is 0 Å². The van der Waals surface area contributed by atoms with Gasteiger partial charge in [0.05, 0.1) is 11.4 Å². The molecule has 1 fully saturated rings. The quantitative estimate of drug-likeness (QED) is 0.269. The zero-order valence-electron chi connectivity index (χ0n) is 18.1. The van der Waals surface area contributed by atoms with E-state index in [2.05, 4.69) is 0 Å². The fraction of sp³-hybridized carbons (Fsp3) is 0.0714. The number of imide groups is 1. The van der Waals surface area contributed by atoms with Crippen molar-refractivity contribution in [1.82, 2.24) is 4.90 Å². The van der Waals surface area contributed by atoms with E-state index in [1.165, 1.54) is 4.90 Å².